The van der Waals surface area contributed by atoms with E-state index in [9.17, 15) is 0 Å². The third kappa shape index (κ3) is 2.83. The van der Waals surface area contributed by atoms with Crippen LogP contribution in [0.4, 0.5) is 0 Å². The fourth-order valence-corrected chi connectivity index (χ4v) is 1.74. The normalized spacial score (nSPS) is 9.95. The molecule has 0 fully saturated rings. The first-order valence-electron chi connectivity index (χ1n) is 5.70. The lowest BCUT2D eigenvalue weighted by molar-refractivity contribution is 0.372. The van der Waals surface area contributed by atoms with Crippen molar-refractivity contribution in [2.75, 3.05) is 21.3 Å². The zero-order valence-corrected chi connectivity index (χ0v) is 12.1. The highest BCUT2D eigenvalue weighted by molar-refractivity contribution is 7.80. The molecule has 2 aromatic heterocycles. The van der Waals surface area contributed by atoms with Crippen LogP contribution in [0.1, 0.15) is 5.69 Å². The van der Waals surface area contributed by atoms with Gasteiger partial charge in [0.1, 0.15) is 5.69 Å². The molecule has 0 aliphatic carbocycles. The second kappa shape index (κ2) is 6.25. The first kappa shape index (κ1) is 14.1. The summed E-state index contributed by atoms with van der Waals surface area (Å²) in [7, 11) is 4.54. The van der Waals surface area contributed by atoms with E-state index in [2.05, 4.69) is 15.0 Å². The third-order valence-electron chi connectivity index (χ3n) is 2.52. The van der Waals surface area contributed by atoms with Crippen LogP contribution in [0.25, 0.3) is 11.4 Å². The highest BCUT2D eigenvalue weighted by Gasteiger charge is 2.15. The fourth-order valence-electron chi connectivity index (χ4n) is 1.58. The number of thiocarbonyl (C=S) groups is 1. The maximum atomic E-state index is 5.13. The Balaban J connectivity index is 2.59. The van der Waals surface area contributed by atoms with Crippen LogP contribution in [0, 0.1) is 0 Å². The summed E-state index contributed by atoms with van der Waals surface area (Å²) in [5.74, 6) is 1.19. The van der Waals surface area contributed by atoms with E-state index in [0.29, 0.717) is 28.8 Å². The van der Waals surface area contributed by atoms with E-state index in [-0.39, 0.29) is 5.05 Å². The van der Waals surface area contributed by atoms with Crippen LogP contribution in [-0.4, -0.2) is 41.3 Å². The summed E-state index contributed by atoms with van der Waals surface area (Å²) in [6.45, 7) is 0. The van der Waals surface area contributed by atoms with Crippen molar-refractivity contribution in [2.45, 2.75) is 0 Å². The smallest absolute Gasteiger partial charge is 0.220 e. The Morgan fingerprint density at radius 2 is 1.75 bits per heavy atom. The molecular weight excluding hydrogens is 278 g/mol. The van der Waals surface area contributed by atoms with Gasteiger partial charge in [0.25, 0.3) is 0 Å². The molecule has 6 nitrogen and oxygen atoms in total. The van der Waals surface area contributed by atoms with Crippen molar-refractivity contribution in [2.24, 2.45) is 0 Å². The minimum absolute atomic E-state index is 0.269. The molecule has 0 saturated heterocycles. The van der Waals surface area contributed by atoms with E-state index in [1.807, 2.05) is 6.07 Å². The second-order valence-electron chi connectivity index (χ2n) is 3.67. The van der Waals surface area contributed by atoms with Crippen LogP contribution < -0.4 is 9.47 Å². The molecule has 0 aromatic carbocycles. The van der Waals surface area contributed by atoms with Gasteiger partial charge in [0, 0.05) is 11.8 Å². The molecule has 7 heteroatoms. The van der Waals surface area contributed by atoms with E-state index < -0.39 is 0 Å². The van der Waals surface area contributed by atoms with Crippen LogP contribution in [0.3, 0.4) is 0 Å². The molecule has 2 aromatic rings. The van der Waals surface area contributed by atoms with Gasteiger partial charge >= 0.3 is 0 Å². The van der Waals surface area contributed by atoms with Crippen molar-refractivity contribution in [1.82, 2.24) is 15.0 Å². The first-order valence-corrected chi connectivity index (χ1v) is 6.11. The Bertz CT molecular complexity index is 612. The summed E-state index contributed by atoms with van der Waals surface area (Å²) in [4.78, 5) is 12.8. The van der Waals surface area contributed by atoms with Gasteiger partial charge in [-0.05, 0) is 24.4 Å². The fraction of sp³-hybridized carbons (Fsp3) is 0.231. The van der Waals surface area contributed by atoms with E-state index in [1.54, 1.807) is 18.3 Å². The summed E-state index contributed by atoms with van der Waals surface area (Å²) < 4.78 is 15.3. The molecule has 0 amide bonds. The van der Waals surface area contributed by atoms with Gasteiger partial charge in [-0.2, -0.15) is 9.97 Å². The minimum atomic E-state index is 0.269. The third-order valence-corrected chi connectivity index (χ3v) is 2.88. The van der Waals surface area contributed by atoms with Crippen LogP contribution in [0.5, 0.6) is 11.8 Å². The maximum absolute atomic E-state index is 5.13. The van der Waals surface area contributed by atoms with Crippen molar-refractivity contribution >= 4 is 17.3 Å². The topological polar surface area (TPSA) is 66.4 Å². The van der Waals surface area contributed by atoms with E-state index in [4.69, 9.17) is 26.4 Å². The van der Waals surface area contributed by atoms with Gasteiger partial charge in [0.2, 0.25) is 16.8 Å². The Kier molecular flexibility index (Phi) is 4.41. The molecule has 0 bridgehead atoms. The molecule has 0 atom stereocenters. The summed E-state index contributed by atoms with van der Waals surface area (Å²) in [6, 6.07) is 5.17. The Hall–Kier alpha value is -2.28. The molecule has 0 unspecified atom stereocenters. The lowest BCUT2D eigenvalue weighted by atomic mass is 10.2. The van der Waals surface area contributed by atoms with Crippen LogP contribution in [0.15, 0.2) is 24.4 Å². The molecule has 0 saturated carbocycles. The highest BCUT2D eigenvalue weighted by Crippen LogP contribution is 2.24. The van der Waals surface area contributed by atoms with Gasteiger partial charge in [-0.3, -0.25) is 4.98 Å². The standard InChI is InChI=1S/C13H13N3O3S/c1-17-9-7-10(18-2)16-12(15-9)8-5-4-6-14-11(8)13(20)19-3/h4-7H,1-3H3. The largest absolute Gasteiger partial charge is 0.485 e. The van der Waals surface area contributed by atoms with Crippen LogP contribution in [0.2, 0.25) is 0 Å². The number of hydrogen-bond acceptors (Lipinski definition) is 7. The Labute approximate surface area is 121 Å². The van der Waals surface area contributed by atoms with E-state index in [1.165, 1.54) is 21.3 Å². The lowest BCUT2D eigenvalue weighted by Gasteiger charge is -2.09. The van der Waals surface area contributed by atoms with E-state index >= 15 is 0 Å². The summed E-state index contributed by atoms with van der Waals surface area (Å²) >= 11 is 5.13. The molecule has 0 aliphatic heterocycles. The number of rotatable bonds is 4. The molecule has 20 heavy (non-hydrogen) atoms. The molecule has 0 radical (unpaired) electrons. The molecule has 0 aliphatic rings. The number of nitrogens with zero attached hydrogens (tertiary/aromatic N) is 3. The SMILES string of the molecule is COC(=S)c1ncccc1-c1nc(OC)cc(OC)n1. The van der Waals surface area contributed by atoms with Gasteiger partial charge in [-0.1, -0.05) is 0 Å². The first-order chi connectivity index (χ1) is 9.69. The predicted molar refractivity (Wildman–Crippen MR) is 77.1 cm³/mol. The lowest BCUT2D eigenvalue weighted by Crippen LogP contribution is -2.07. The van der Waals surface area contributed by atoms with Gasteiger partial charge in [-0.15, -0.1) is 0 Å². The quantitative estimate of drug-likeness (QED) is 0.797. The van der Waals surface area contributed by atoms with Crippen molar-refractivity contribution in [1.29, 1.82) is 0 Å². The average Bonchev–Trinajstić information content (AvgIpc) is 2.53. The average molecular weight is 291 g/mol. The number of aromatic nitrogens is 3. The molecule has 2 heterocycles. The number of ether oxygens (including phenoxy) is 3. The Morgan fingerprint density at radius 1 is 1.10 bits per heavy atom. The van der Waals surface area contributed by atoms with E-state index in [0.717, 1.165) is 0 Å². The predicted octanol–water partition coefficient (Wildman–Crippen LogP) is 1.88. The van der Waals surface area contributed by atoms with Gasteiger partial charge in [-0.25, -0.2) is 0 Å². The second-order valence-corrected chi connectivity index (χ2v) is 4.04. The molecule has 104 valence electrons. The molecule has 0 spiro atoms. The van der Waals surface area contributed by atoms with Crippen molar-refractivity contribution in [3.63, 3.8) is 0 Å². The number of pyridine rings is 1. The zero-order chi connectivity index (χ0) is 14.5. The monoisotopic (exact) mass is 291 g/mol. The number of hydrogen-bond donors (Lipinski definition) is 0. The summed E-state index contributed by atoms with van der Waals surface area (Å²) in [5, 5.41) is 0.269. The van der Waals surface area contributed by atoms with Gasteiger partial charge in [0.05, 0.1) is 27.4 Å². The van der Waals surface area contributed by atoms with Crippen molar-refractivity contribution in [3.05, 3.63) is 30.1 Å². The van der Waals surface area contributed by atoms with Crippen molar-refractivity contribution in [3.8, 4) is 23.1 Å². The molecule has 2 rings (SSSR count). The van der Waals surface area contributed by atoms with Gasteiger partial charge < -0.3 is 14.2 Å². The minimum Gasteiger partial charge on any atom is -0.485 e. The van der Waals surface area contributed by atoms with Crippen LogP contribution in [-0.2, 0) is 4.74 Å². The summed E-state index contributed by atoms with van der Waals surface area (Å²) in [5.41, 5.74) is 1.15. The Morgan fingerprint density at radius 3 is 2.30 bits per heavy atom. The van der Waals surface area contributed by atoms with Gasteiger partial charge in [0.15, 0.2) is 5.82 Å². The summed E-state index contributed by atoms with van der Waals surface area (Å²) in [6.07, 6.45) is 1.63. The zero-order valence-electron chi connectivity index (χ0n) is 11.3. The highest BCUT2D eigenvalue weighted by atomic mass is 32.1. The maximum Gasteiger partial charge on any atom is 0.220 e. The van der Waals surface area contributed by atoms with Crippen LogP contribution >= 0.6 is 12.2 Å². The molecule has 0 N–H and O–H groups in total. The van der Waals surface area contributed by atoms with Crippen molar-refractivity contribution < 1.29 is 14.2 Å². The number of methoxy groups -OCH3 is 3. The molecular formula is C13H13N3O3S.